The third-order valence-electron chi connectivity index (χ3n) is 3.03. The lowest BCUT2D eigenvalue weighted by molar-refractivity contribution is 0.0595. The number of aryl methyl sites for hydroxylation is 1. The fourth-order valence-electron chi connectivity index (χ4n) is 2.01. The molecule has 0 saturated carbocycles. The van der Waals surface area contributed by atoms with E-state index in [4.69, 9.17) is 5.73 Å². The zero-order valence-electron chi connectivity index (χ0n) is 12.4. The van der Waals surface area contributed by atoms with Crippen molar-refractivity contribution in [2.45, 2.75) is 6.92 Å². The van der Waals surface area contributed by atoms with E-state index in [1.807, 2.05) is 0 Å². The molecule has 0 saturated heterocycles. The van der Waals surface area contributed by atoms with E-state index >= 15 is 0 Å². The molecule has 0 spiro atoms. The van der Waals surface area contributed by atoms with Crippen molar-refractivity contribution >= 4 is 23.5 Å². The second-order valence-corrected chi connectivity index (χ2v) is 4.78. The average molecular weight is 319 g/mol. The van der Waals surface area contributed by atoms with Gasteiger partial charge in [-0.2, -0.15) is 0 Å². The number of benzene rings is 1. The van der Waals surface area contributed by atoms with Gasteiger partial charge >= 0.3 is 5.97 Å². The molecule has 23 heavy (non-hydrogen) atoms. The van der Waals surface area contributed by atoms with E-state index in [0.29, 0.717) is 5.69 Å². The van der Waals surface area contributed by atoms with E-state index in [0.717, 1.165) is 18.2 Å². The molecule has 2 aromatic rings. The number of aromatic amines is 1. The second-order valence-electron chi connectivity index (χ2n) is 4.78. The summed E-state index contributed by atoms with van der Waals surface area (Å²) < 4.78 is 18.1. The Morgan fingerprint density at radius 2 is 1.83 bits per heavy atom. The van der Waals surface area contributed by atoms with E-state index < -0.39 is 23.6 Å². The Balaban J connectivity index is 2.33. The molecule has 8 heteroatoms. The Kier molecular flexibility index (Phi) is 4.44. The summed E-state index contributed by atoms with van der Waals surface area (Å²) in [5, 5.41) is 2.47. The summed E-state index contributed by atoms with van der Waals surface area (Å²) in [5.74, 6) is -2.99. The summed E-state index contributed by atoms with van der Waals surface area (Å²) in [6, 6.07) is 4.58. The van der Waals surface area contributed by atoms with Crippen molar-refractivity contribution in [2.24, 2.45) is 5.73 Å². The molecular weight excluding hydrogens is 305 g/mol. The summed E-state index contributed by atoms with van der Waals surface area (Å²) in [5.41, 5.74) is 5.72. The number of H-pyrrole nitrogens is 1. The minimum atomic E-state index is -0.855. The van der Waals surface area contributed by atoms with Gasteiger partial charge in [-0.15, -0.1) is 0 Å². The van der Waals surface area contributed by atoms with Crippen molar-refractivity contribution in [3.05, 3.63) is 52.6 Å². The second kappa shape index (κ2) is 6.30. The zero-order chi connectivity index (χ0) is 17.1. The largest absolute Gasteiger partial charge is 0.464 e. The Bertz CT molecular complexity index is 798. The van der Waals surface area contributed by atoms with E-state index in [9.17, 15) is 18.8 Å². The molecular formula is C15H14FN3O4. The number of amides is 2. The molecule has 0 bridgehead atoms. The first-order valence-electron chi connectivity index (χ1n) is 6.51. The molecule has 0 aliphatic rings. The minimum absolute atomic E-state index is 0.0601. The van der Waals surface area contributed by atoms with Crippen molar-refractivity contribution in [3.63, 3.8) is 0 Å². The van der Waals surface area contributed by atoms with Gasteiger partial charge in [-0.1, -0.05) is 0 Å². The Hall–Kier alpha value is -3.16. The van der Waals surface area contributed by atoms with E-state index in [2.05, 4.69) is 15.0 Å². The molecule has 0 aliphatic carbocycles. The molecule has 120 valence electrons. The van der Waals surface area contributed by atoms with Crippen molar-refractivity contribution < 1.29 is 23.5 Å². The molecule has 0 fully saturated rings. The monoisotopic (exact) mass is 319 g/mol. The maximum atomic E-state index is 13.5. The van der Waals surface area contributed by atoms with Crippen molar-refractivity contribution in [1.29, 1.82) is 0 Å². The zero-order valence-corrected chi connectivity index (χ0v) is 12.4. The first kappa shape index (κ1) is 16.2. The number of primary amides is 1. The predicted octanol–water partition coefficient (Wildman–Crippen LogP) is 1.60. The van der Waals surface area contributed by atoms with Crippen LogP contribution in [0.5, 0.6) is 0 Å². The minimum Gasteiger partial charge on any atom is -0.464 e. The molecule has 1 heterocycles. The number of halogens is 1. The van der Waals surface area contributed by atoms with Gasteiger partial charge in [0.25, 0.3) is 5.91 Å². The summed E-state index contributed by atoms with van der Waals surface area (Å²) in [6.45, 7) is 1.69. The fourth-order valence-corrected chi connectivity index (χ4v) is 2.01. The lowest BCUT2D eigenvalue weighted by Gasteiger charge is -2.07. The van der Waals surface area contributed by atoms with Gasteiger partial charge in [0.1, 0.15) is 11.5 Å². The number of ether oxygens (including phenoxy) is 1. The number of anilines is 1. The number of carbonyl (C=O) groups is 3. The standard InChI is InChI=1S/C15H14FN3O4/c1-7-3-11(12(18-7)15(22)23-2)19-14(21)9-4-8(13(17)20)5-10(16)6-9/h3-6,18H,1-2H3,(H2,17,20)(H,19,21). The molecule has 0 atom stereocenters. The Morgan fingerprint density at radius 1 is 1.17 bits per heavy atom. The quantitative estimate of drug-likeness (QED) is 0.742. The lowest BCUT2D eigenvalue weighted by atomic mass is 10.1. The fraction of sp³-hybridized carbons (Fsp3) is 0.133. The molecule has 2 rings (SSSR count). The molecule has 1 aromatic heterocycles. The normalized spacial score (nSPS) is 10.2. The smallest absolute Gasteiger partial charge is 0.356 e. The van der Waals surface area contributed by atoms with Gasteiger partial charge in [-0.3, -0.25) is 9.59 Å². The van der Waals surface area contributed by atoms with Crippen LogP contribution in [-0.4, -0.2) is 29.9 Å². The molecule has 4 N–H and O–H groups in total. The van der Waals surface area contributed by atoms with Crippen LogP contribution >= 0.6 is 0 Å². The van der Waals surface area contributed by atoms with E-state index in [-0.39, 0.29) is 22.5 Å². The number of rotatable bonds is 4. The lowest BCUT2D eigenvalue weighted by Crippen LogP contribution is -2.17. The molecule has 7 nitrogen and oxygen atoms in total. The maximum Gasteiger partial charge on any atom is 0.356 e. The summed E-state index contributed by atoms with van der Waals surface area (Å²) >= 11 is 0. The molecule has 1 aromatic carbocycles. The highest BCUT2D eigenvalue weighted by atomic mass is 19.1. The number of esters is 1. The average Bonchev–Trinajstić information content (AvgIpc) is 2.86. The molecule has 0 unspecified atom stereocenters. The molecule has 2 amide bonds. The van der Waals surface area contributed by atoms with Gasteiger partial charge in [-0.25, -0.2) is 9.18 Å². The van der Waals surface area contributed by atoms with Crippen LogP contribution in [-0.2, 0) is 4.74 Å². The van der Waals surface area contributed by atoms with Crippen LogP contribution in [0.1, 0.15) is 36.9 Å². The van der Waals surface area contributed by atoms with Crippen molar-refractivity contribution in [2.75, 3.05) is 12.4 Å². The van der Waals surface area contributed by atoms with Crippen LogP contribution < -0.4 is 11.1 Å². The number of aromatic nitrogens is 1. The van der Waals surface area contributed by atoms with Crippen LogP contribution in [0.4, 0.5) is 10.1 Å². The Morgan fingerprint density at radius 3 is 2.43 bits per heavy atom. The summed E-state index contributed by atoms with van der Waals surface area (Å²) in [6.07, 6.45) is 0. The molecule has 0 radical (unpaired) electrons. The van der Waals surface area contributed by atoms with Gasteiger partial charge in [0, 0.05) is 16.8 Å². The van der Waals surface area contributed by atoms with Gasteiger partial charge in [0.2, 0.25) is 5.91 Å². The molecule has 0 aliphatic heterocycles. The van der Waals surface area contributed by atoms with Gasteiger partial charge in [-0.05, 0) is 31.2 Å². The first-order chi connectivity index (χ1) is 10.8. The highest BCUT2D eigenvalue weighted by molar-refractivity contribution is 6.08. The highest BCUT2D eigenvalue weighted by Gasteiger charge is 2.18. The predicted molar refractivity (Wildman–Crippen MR) is 79.7 cm³/mol. The topological polar surface area (TPSA) is 114 Å². The number of nitrogens with two attached hydrogens (primary N) is 1. The van der Waals surface area contributed by atoms with Crippen molar-refractivity contribution in [1.82, 2.24) is 4.98 Å². The number of methoxy groups -OCH3 is 1. The van der Waals surface area contributed by atoms with Crippen LogP contribution in [0, 0.1) is 12.7 Å². The highest BCUT2D eigenvalue weighted by Crippen LogP contribution is 2.19. The number of carbonyl (C=O) groups excluding carboxylic acids is 3. The van der Waals surface area contributed by atoms with Gasteiger partial charge in [0.15, 0.2) is 0 Å². The maximum absolute atomic E-state index is 13.5. The third-order valence-corrected chi connectivity index (χ3v) is 3.03. The van der Waals surface area contributed by atoms with Crippen LogP contribution in [0.25, 0.3) is 0 Å². The summed E-state index contributed by atoms with van der Waals surface area (Å²) in [7, 11) is 1.20. The van der Waals surface area contributed by atoms with Gasteiger partial charge in [0.05, 0.1) is 12.8 Å². The van der Waals surface area contributed by atoms with Gasteiger partial charge < -0.3 is 20.8 Å². The Labute approximate surface area is 130 Å². The van der Waals surface area contributed by atoms with Crippen LogP contribution in [0.15, 0.2) is 24.3 Å². The third kappa shape index (κ3) is 3.54. The van der Waals surface area contributed by atoms with E-state index in [1.54, 1.807) is 6.92 Å². The number of hydrogen-bond acceptors (Lipinski definition) is 4. The van der Waals surface area contributed by atoms with Crippen molar-refractivity contribution in [3.8, 4) is 0 Å². The number of nitrogens with one attached hydrogen (secondary N) is 2. The van der Waals surface area contributed by atoms with Crippen LogP contribution in [0.3, 0.4) is 0 Å². The summed E-state index contributed by atoms with van der Waals surface area (Å²) in [4.78, 5) is 37.7. The number of hydrogen-bond donors (Lipinski definition) is 3. The van der Waals surface area contributed by atoms with E-state index in [1.165, 1.54) is 13.2 Å². The van der Waals surface area contributed by atoms with Crippen LogP contribution in [0.2, 0.25) is 0 Å². The first-order valence-corrected chi connectivity index (χ1v) is 6.51. The SMILES string of the molecule is COC(=O)c1[nH]c(C)cc1NC(=O)c1cc(F)cc(C(N)=O)c1.